The molecule has 0 aromatic heterocycles. The van der Waals surface area contributed by atoms with Crippen molar-refractivity contribution in [3.8, 4) is 0 Å². The lowest BCUT2D eigenvalue weighted by molar-refractivity contribution is -0.147. The molecule has 1 aliphatic rings. The number of carboxylic acid groups (broad SMARTS) is 1. The van der Waals surface area contributed by atoms with Crippen LogP contribution < -0.4 is 5.32 Å². The molecular formula is C15H16FNO3. The molecule has 2 unspecified atom stereocenters. The summed E-state index contributed by atoms with van der Waals surface area (Å²) in [5, 5.41) is 11.8. The van der Waals surface area contributed by atoms with E-state index < -0.39 is 17.8 Å². The number of benzene rings is 1. The third kappa shape index (κ3) is 3.44. The SMILES string of the molecule is O=C(O)C1CC=CCC1C(=O)NCc1cccc(F)c1. The fourth-order valence-electron chi connectivity index (χ4n) is 2.34. The summed E-state index contributed by atoms with van der Waals surface area (Å²) in [5.74, 6) is -2.87. The number of carboxylic acids is 1. The van der Waals surface area contributed by atoms with Gasteiger partial charge in [-0.25, -0.2) is 4.39 Å². The summed E-state index contributed by atoms with van der Waals surface area (Å²) >= 11 is 0. The van der Waals surface area contributed by atoms with E-state index in [1.54, 1.807) is 18.2 Å². The van der Waals surface area contributed by atoms with Gasteiger partial charge < -0.3 is 10.4 Å². The quantitative estimate of drug-likeness (QED) is 0.828. The first kappa shape index (κ1) is 14.2. The minimum Gasteiger partial charge on any atom is -0.481 e. The smallest absolute Gasteiger partial charge is 0.307 e. The highest BCUT2D eigenvalue weighted by molar-refractivity contribution is 5.85. The van der Waals surface area contributed by atoms with Gasteiger partial charge in [-0.2, -0.15) is 0 Å². The molecule has 1 aromatic carbocycles. The first-order valence-corrected chi connectivity index (χ1v) is 6.48. The highest BCUT2D eigenvalue weighted by atomic mass is 19.1. The van der Waals surface area contributed by atoms with Crippen LogP contribution in [-0.2, 0) is 16.1 Å². The molecule has 4 nitrogen and oxygen atoms in total. The van der Waals surface area contributed by atoms with Gasteiger partial charge in [0.05, 0.1) is 11.8 Å². The Balaban J connectivity index is 1.97. The van der Waals surface area contributed by atoms with E-state index in [1.807, 2.05) is 6.08 Å². The number of carbonyl (C=O) groups is 2. The molecule has 20 heavy (non-hydrogen) atoms. The molecule has 0 saturated heterocycles. The first-order chi connectivity index (χ1) is 9.58. The third-order valence-corrected chi connectivity index (χ3v) is 3.44. The molecule has 0 fully saturated rings. The molecule has 106 valence electrons. The Labute approximate surface area is 116 Å². The molecule has 0 saturated carbocycles. The summed E-state index contributed by atoms with van der Waals surface area (Å²) in [6, 6.07) is 5.95. The lowest BCUT2D eigenvalue weighted by Crippen LogP contribution is -2.38. The van der Waals surface area contributed by atoms with E-state index in [0.717, 1.165) is 0 Å². The van der Waals surface area contributed by atoms with Crippen molar-refractivity contribution in [3.63, 3.8) is 0 Å². The van der Waals surface area contributed by atoms with Gasteiger partial charge in [-0.1, -0.05) is 24.3 Å². The maximum absolute atomic E-state index is 13.0. The zero-order valence-corrected chi connectivity index (χ0v) is 10.9. The number of halogens is 1. The van der Waals surface area contributed by atoms with Crippen LogP contribution in [0.4, 0.5) is 4.39 Å². The highest BCUT2D eigenvalue weighted by Crippen LogP contribution is 2.26. The molecule has 2 N–H and O–H groups in total. The van der Waals surface area contributed by atoms with Gasteiger partial charge in [0.1, 0.15) is 5.82 Å². The average molecular weight is 277 g/mol. The lowest BCUT2D eigenvalue weighted by Gasteiger charge is -2.24. The maximum atomic E-state index is 13.0. The molecule has 5 heteroatoms. The second-order valence-electron chi connectivity index (χ2n) is 4.84. The van der Waals surface area contributed by atoms with Crippen molar-refractivity contribution in [3.05, 3.63) is 47.8 Å². The summed E-state index contributed by atoms with van der Waals surface area (Å²) in [6.45, 7) is 0.198. The number of amides is 1. The summed E-state index contributed by atoms with van der Waals surface area (Å²) in [5.41, 5.74) is 0.650. The van der Waals surface area contributed by atoms with Crippen molar-refractivity contribution >= 4 is 11.9 Å². The molecule has 0 aliphatic heterocycles. The van der Waals surface area contributed by atoms with Crippen LogP contribution in [-0.4, -0.2) is 17.0 Å². The normalized spacial score (nSPS) is 21.4. The Bertz CT molecular complexity index is 542. The molecular weight excluding hydrogens is 261 g/mol. The zero-order chi connectivity index (χ0) is 14.5. The molecule has 2 atom stereocenters. The average Bonchev–Trinajstić information content (AvgIpc) is 2.45. The molecule has 1 aliphatic carbocycles. The van der Waals surface area contributed by atoms with Crippen molar-refractivity contribution in [2.75, 3.05) is 0 Å². The number of hydrogen-bond acceptors (Lipinski definition) is 2. The van der Waals surface area contributed by atoms with Crippen molar-refractivity contribution in [2.24, 2.45) is 11.8 Å². The number of nitrogens with one attached hydrogen (secondary N) is 1. The first-order valence-electron chi connectivity index (χ1n) is 6.48. The maximum Gasteiger partial charge on any atom is 0.307 e. The summed E-state index contributed by atoms with van der Waals surface area (Å²) in [6.07, 6.45) is 4.40. The van der Waals surface area contributed by atoms with Gasteiger partial charge in [0.2, 0.25) is 5.91 Å². The van der Waals surface area contributed by atoms with Gasteiger partial charge in [-0.3, -0.25) is 9.59 Å². The predicted molar refractivity (Wildman–Crippen MR) is 71.2 cm³/mol. The zero-order valence-electron chi connectivity index (χ0n) is 10.9. The van der Waals surface area contributed by atoms with Crippen molar-refractivity contribution < 1.29 is 19.1 Å². The van der Waals surface area contributed by atoms with Gasteiger partial charge in [0.15, 0.2) is 0 Å². The minimum absolute atomic E-state index is 0.198. The standard InChI is InChI=1S/C15H16FNO3/c16-11-5-3-4-10(8-11)9-17-14(18)12-6-1-2-7-13(12)15(19)20/h1-5,8,12-13H,6-7,9H2,(H,17,18)(H,19,20). The van der Waals surface area contributed by atoms with E-state index in [0.29, 0.717) is 18.4 Å². The second kappa shape index (κ2) is 6.32. The van der Waals surface area contributed by atoms with Gasteiger partial charge in [-0.05, 0) is 30.5 Å². The van der Waals surface area contributed by atoms with Gasteiger partial charge >= 0.3 is 5.97 Å². The second-order valence-corrected chi connectivity index (χ2v) is 4.84. The van der Waals surface area contributed by atoms with Crippen molar-refractivity contribution in [1.29, 1.82) is 0 Å². The molecule has 0 radical (unpaired) electrons. The Morgan fingerprint density at radius 1 is 1.25 bits per heavy atom. The minimum atomic E-state index is -0.958. The Kier molecular flexibility index (Phi) is 4.50. The largest absolute Gasteiger partial charge is 0.481 e. The number of aliphatic carboxylic acids is 1. The summed E-state index contributed by atoms with van der Waals surface area (Å²) in [4.78, 5) is 23.2. The van der Waals surface area contributed by atoms with E-state index >= 15 is 0 Å². The van der Waals surface area contributed by atoms with E-state index in [2.05, 4.69) is 5.32 Å². The summed E-state index contributed by atoms with van der Waals surface area (Å²) < 4.78 is 13.0. The van der Waals surface area contributed by atoms with E-state index in [-0.39, 0.29) is 18.3 Å². The van der Waals surface area contributed by atoms with Crippen LogP contribution in [0.3, 0.4) is 0 Å². The van der Waals surface area contributed by atoms with Crippen LogP contribution in [0.2, 0.25) is 0 Å². The predicted octanol–water partition coefficient (Wildman–Crippen LogP) is 2.11. The molecule has 0 bridgehead atoms. The van der Waals surface area contributed by atoms with Gasteiger partial charge in [0, 0.05) is 6.54 Å². The van der Waals surface area contributed by atoms with Crippen LogP contribution >= 0.6 is 0 Å². The number of hydrogen-bond donors (Lipinski definition) is 2. The van der Waals surface area contributed by atoms with E-state index in [1.165, 1.54) is 12.1 Å². The summed E-state index contributed by atoms with van der Waals surface area (Å²) in [7, 11) is 0. The van der Waals surface area contributed by atoms with Crippen molar-refractivity contribution in [2.45, 2.75) is 19.4 Å². The Morgan fingerprint density at radius 3 is 2.60 bits per heavy atom. The molecule has 0 heterocycles. The van der Waals surface area contributed by atoms with Crippen LogP contribution in [0.25, 0.3) is 0 Å². The van der Waals surface area contributed by atoms with E-state index in [9.17, 15) is 14.0 Å². The Hall–Kier alpha value is -2.17. The van der Waals surface area contributed by atoms with Crippen LogP contribution in [0, 0.1) is 17.7 Å². The molecule has 0 spiro atoms. The van der Waals surface area contributed by atoms with Gasteiger partial charge in [-0.15, -0.1) is 0 Å². The van der Waals surface area contributed by atoms with Crippen molar-refractivity contribution in [1.82, 2.24) is 5.32 Å². The lowest BCUT2D eigenvalue weighted by atomic mass is 9.82. The number of allylic oxidation sites excluding steroid dienone is 2. The molecule has 1 aromatic rings. The van der Waals surface area contributed by atoms with Crippen LogP contribution in [0.15, 0.2) is 36.4 Å². The van der Waals surface area contributed by atoms with E-state index in [4.69, 9.17) is 5.11 Å². The number of rotatable bonds is 4. The van der Waals surface area contributed by atoms with Gasteiger partial charge in [0.25, 0.3) is 0 Å². The molecule has 1 amide bonds. The number of carbonyl (C=O) groups excluding carboxylic acids is 1. The monoisotopic (exact) mass is 277 g/mol. The molecule has 2 rings (SSSR count). The van der Waals surface area contributed by atoms with Crippen LogP contribution in [0.1, 0.15) is 18.4 Å². The topological polar surface area (TPSA) is 66.4 Å². The Morgan fingerprint density at radius 2 is 1.95 bits per heavy atom. The van der Waals surface area contributed by atoms with Crippen LogP contribution in [0.5, 0.6) is 0 Å². The fraction of sp³-hybridized carbons (Fsp3) is 0.333. The highest BCUT2D eigenvalue weighted by Gasteiger charge is 2.33. The third-order valence-electron chi connectivity index (χ3n) is 3.44. The fourth-order valence-corrected chi connectivity index (χ4v) is 2.34.